The van der Waals surface area contributed by atoms with E-state index >= 15 is 0 Å². The van der Waals surface area contributed by atoms with Crippen LogP contribution in [0.3, 0.4) is 0 Å². The number of carboxylic acid groups (broad SMARTS) is 1. The fraction of sp³-hybridized carbons (Fsp3) is 0.600. The van der Waals surface area contributed by atoms with Gasteiger partial charge in [0.2, 0.25) is 5.91 Å². The highest BCUT2D eigenvalue weighted by Crippen LogP contribution is 2.31. The first kappa shape index (κ1) is 16.3. The zero-order valence-electron chi connectivity index (χ0n) is 12.0. The Morgan fingerprint density at radius 2 is 2.24 bits per heavy atom. The Morgan fingerprint density at radius 1 is 1.48 bits per heavy atom. The van der Waals surface area contributed by atoms with E-state index in [9.17, 15) is 9.59 Å². The number of carboxylic acids is 1. The molecular formula is C15H20ClNO3S. The molecule has 0 aliphatic carbocycles. The topological polar surface area (TPSA) is 57.6 Å². The standard InChI is InChI=1S/C15H20ClNO3S/c1-10(12-6-7-13(16)21-12)15(20)17-9-3-2-4-11(17)5-8-14(18)19/h6-7,10-11H,2-5,8-9H2,1H3,(H,18,19). The molecule has 1 N–H and O–H groups in total. The van der Waals surface area contributed by atoms with E-state index in [0.29, 0.717) is 10.8 Å². The van der Waals surface area contributed by atoms with Crippen molar-refractivity contribution in [3.05, 3.63) is 21.3 Å². The highest BCUT2D eigenvalue weighted by Gasteiger charge is 2.30. The Hall–Kier alpha value is -1.07. The number of aliphatic carboxylic acids is 1. The van der Waals surface area contributed by atoms with Crippen molar-refractivity contribution >= 4 is 34.8 Å². The summed E-state index contributed by atoms with van der Waals surface area (Å²) in [6.45, 7) is 2.62. The average Bonchev–Trinajstić information content (AvgIpc) is 2.90. The summed E-state index contributed by atoms with van der Waals surface area (Å²) < 4.78 is 0.686. The molecule has 6 heteroatoms. The molecule has 0 radical (unpaired) electrons. The highest BCUT2D eigenvalue weighted by atomic mass is 35.5. The van der Waals surface area contributed by atoms with Gasteiger partial charge in [-0.25, -0.2) is 0 Å². The summed E-state index contributed by atoms with van der Waals surface area (Å²) in [5.41, 5.74) is 0. The van der Waals surface area contributed by atoms with E-state index in [4.69, 9.17) is 16.7 Å². The van der Waals surface area contributed by atoms with E-state index in [1.54, 1.807) is 0 Å². The van der Waals surface area contributed by atoms with E-state index < -0.39 is 5.97 Å². The Bertz CT molecular complexity index is 517. The van der Waals surface area contributed by atoms with Crippen LogP contribution in [0.5, 0.6) is 0 Å². The van der Waals surface area contributed by atoms with E-state index in [1.165, 1.54) is 11.3 Å². The van der Waals surface area contributed by atoms with E-state index in [2.05, 4.69) is 0 Å². The van der Waals surface area contributed by atoms with Crippen molar-refractivity contribution in [1.29, 1.82) is 0 Å². The third-order valence-corrected chi connectivity index (χ3v) is 5.41. The smallest absolute Gasteiger partial charge is 0.303 e. The lowest BCUT2D eigenvalue weighted by Crippen LogP contribution is -2.45. The molecule has 21 heavy (non-hydrogen) atoms. The molecule has 1 aliphatic rings. The first-order chi connectivity index (χ1) is 9.99. The van der Waals surface area contributed by atoms with Crippen molar-refractivity contribution in [2.75, 3.05) is 6.54 Å². The maximum absolute atomic E-state index is 12.7. The predicted octanol–water partition coefficient (Wildman–Crippen LogP) is 3.75. The number of piperidine rings is 1. The number of halogens is 1. The van der Waals surface area contributed by atoms with Gasteiger partial charge < -0.3 is 10.0 Å². The van der Waals surface area contributed by atoms with E-state index in [-0.39, 0.29) is 24.3 Å². The molecule has 0 aromatic carbocycles. The SMILES string of the molecule is CC(C(=O)N1CCCCC1CCC(=O)O)c1ccc(Cl)s1. The van der Waals surface area contributed by atoms with Crippen molar-refractivity contribution < 1.29 is 14.7 Å². The van der Waals surface area contributed by atoms with Crippen LogP contribution in [0.15, 0.2) is 12.1 Å². The van der Waals surface area contributed by atoms with Crippen LogP contribution in [-0.2, 0) is 9.59 Å². The van der Waals surface area contributed by atoms with Gasteiger partial charge >= 0.3 is 5.97 Å². The number of hydrogen-bond acceptors (Lipinski definition) is 3. The number of nitrogens with zero attached hydrogens (tertiary/aromatic N) is 1. The minimum Gasteiger partial charge on any atom is -0.481 e. The third kappa shape index (κ3) is 4.20. The lowest BCUT2D eigenvalue weighted by Gasteiger charge is -2.37. The monoisotopic (exact) mass is 329 g/mol. The fourth-order valence-corrected chi connectivity index (χ4v) is 3.92. The summed E-state index contributed by atoms with van der Waals surface area (Å²) in [6.07, 6.45) is 3.62. The third-order valence-electron chi connectivity index (χ3n) is 3.99. The molecule has 2 unspecified atom stereocenters. The van der Waals surface area contributed by atoms with Gasteiger partial charge in [0.1, 0.15) is 0 Å². The van der Waals surface area contributed by atoms with E-state index in [0.717, 1.165) is 30.7 Å². The molecule has 0 spiro atoms. The molecule has 116 valence electrons. The first-order valence-electron chi connectivity index (χ1n) is 7.26. The number of thiophene rings is 1. The van der Waals surface area contributed by atoms with E-state index in [1.807, 2.05) is 24.0 Å². The van der Waals surface area contributed by atoms with Crippen LogP contribution in [0, 0.1) is 0 Å². The molecule has 1 aromatic rings. The number of hydrogen-bond donors (Lipinski definition) is 1. The minimum atomic E-state index is -0.800. The van der Waals surface area contributed by atoms with Crippen molar-refractivity contribution in [2.24, 2.45) is 0 Å². The Balaban J connectivity index is 2.05. The van der Waals surface area contributed by atoms with Crippen molar-refractivity contribution in [3.8, 4) is 0 Å². The van der Waals surface area contributed by atoms with Crippen LogP contribution in [0.4, 0.5) is 0 Å². The zero-order valence-corrected chi connectivity index (χ0v) is 13.6. The minimum absolute atomic E-state index is 0.0558. The Morgan fingerprint density at radius 3 is 2.86 bits per heavy atom. The summed E-state index contributed by atoms with van der Waals surface area (Å²) >= 11 is 7.37. The second-order valence-corrected chi connectivity index (χ2v) is 7.22. The summed E-state index contributed by atoms with van der Waals surface area (Å²) in [4.78, 5) is 26.3. The lowest BCUT2D eigenvalue weighted by molar-refractivity contribution is -0.140. The Labute approximate surface area is 133 Å². The summed E-state index contributed by atoms with van der Waals surface area (Å²) in [5, 5.41) is 8.84. The van der Waals surface area contributed by atoms with Crippen LogP contribution in [0.25, 0.3) is 0 Å². The van der Waals surface area contributed by atoms with Crippen LogP contribution in [0.1, 0.15) is 49.8 Å². The summed E-state index contributed by atoms with van der Waals surface area (Å²) in [6, 6.07) is 3.76. The maximum atomic E-state index is 12.7. The zero-order chi connectivity index (χ0) is 15.4. The molecule has 0 bridgehead atoms. The largest absolute Gasteiger partial charge is 0.481 e. The van der Waals surface area contributed by atoms with Crippen LogP contribution in [-0.4, -0.2) is 34.5 Å². The Kier molecular flexibility index (Phi) is 5.65. The highest BCUT2D eigenvalue weighted by molar-refractivity contribution is 7.16. The predicted molar refractivity (Wildman–Crippen MR) is 84.0 cm³/mol. The normalized spacial score (nSPS) is 20.3. The molecule has 1 aliphatic heterocycles. The van der Waals surface area contributed by atoms with Gasteiger partial charge in [-0.15, -0.1) is 11.3 Å². The van der Waals surface area contributed by atoms with Crippen molar-refractivity contribution in [1.82, 2.24) is 4.90 Å². The van der Waals surface area contributed by atoms with Gasteiger partial charge in [-0.3, -0.25) is 9.59 Å². The molecular weight excluding hydrogens is 310 g/mol. The maximum Gasteiger partial charge on any atom is 0.303 e. The van der Waals surface area contributed by atoms with Crippen LogP contribution >= 0.6 is 22.9 Å². The first-order valence-corrected chi connectivity index (χ1v) is 8.46. The number of amides is 1. The number of carbonyl (C=O) groups is 2. The molecule has 1 aromatic heterocycles. The van der Waals surface area contributed by atoms with Crippen molar-refractivity contribution in [3.63, 3.8) is 0 Å². The molecule has 1 fully saturated rings. The summed E-state index contributed by atoms with van der Waals surface area (Å²) in [7, 11) is 0. The quantitative estimate of drug-likeness (QED) is 0.895. The van der Waals surface area contributed by atoms with Gasteiger partial charge in [0.05, 0.1) is 10.3 Å². The number of carbonyl (C=O) groups excluding carboxylic acids is 1. The molecule has 1 saturated heterocycles. The fourth-order valence-electron chi connectivity index (χ4n) is 2.81. The summed E-state index contributed by atoms with van der Waals surface area (Å²) in [5.74, 6) is -0.928. The molecule has 4 nitrogen and oxygen atoms in total. The van der Waals surface area contributed by atoms with Crippen LogP contribution < -0.4 is 0 Å². The van der Waals surface area contributed by atoms with Gasteiger partial charge in [0.25, 0.3) is 0 Å². The van der Waals surface area contributed by atoms with Gasteiger partial charge in [-0.05, 0) is 44.7 Å². The molecule has 2 heterocycles. The molecule has 1 amide bonds. The number of rotatable bonds is 5. The van der Waals surface area contributed by atoms with Gasteiger partial charge in [0.15, 0.2) is 0 Å². The molecule has 2 atom stereocenters. The molecule has 0 saturated carbocycles. The number of likely N-dealkylation sites (tertiary alicyclic amines) is 1. The van der Waals surface area contributed by atoms with Gasteiger partial charge in [-0.1, -0.05) is 11.6 Å². The van der Waals surface area contributed by atoms with Crippen molar-refractivity contribution in [2.45, 2.75) is 51.0 Å². The molecule has 2 rings (SSSR count). The second-order valence-electron chi connectivity index (χ2n) is 5.48. The lowest BCUT2D eigenvalue weighted by atomic mass is 9.95. The van der Waals surface area contributed by atoms with Gasteiger partial charge in [0, 0.05) is 23.9 Å². The van der Waals surface area contributed by atoms with Gasteiger partial charge in [-0.2, -0.15) is 0 Å². The van der Waals surface area contributed by atoms with Crippen LogP contribution in [0.2, 0.25) is 4.34 Å². The average molecular weight is 330 g/mol. The second kappa shape index (κ2) is 7.27.